The van der Waals surface area contributed by atoms with E-state index in [1.807, 2.05) is 19.2 Å². The maximum atomic E-state index is 5.68. The summed E-state index contributed by atoms with van der Waals surface area (Å²) in [5.74, 6) is 1.79. The highest BCUT2D eigenvalue weighted by molar-refractivity contribution is 5.79. The van der Waals surface area contributed by atoms with Gasteiger partial charge in [-0.3, -0.25) is 9.89 Å². The molecular weight excluding hydrogens is 328 g/mol. The zero-order chi connectivity index (χ0) is 18.2. The molecule has 2 aliphatic heterocycles. The van der Waals surface area contributed by atoms with Crippen LogP contribution in [-0.2, 0) is 4.74 Å². The number of nitrogens with one attached hydrogen (secondary N) is 2. The number of guanidine groups is 1. The van der Waals surface area contributed by atoms with Gasteiger partial charge in [-0.05, 0) is 44.8 Å². The van der Waals surface area contributed by atoms with E-state index in [2.05, 4.69) is 32.7 Å². The SMILES string of the molecule is CN=C(NCC1CCCO1)NCC(c1ccccc1OC)N1CCCC1. The second-order valence-corrected chi connectivity index (χ2v) is 6.97. The van der Waals surface area contributed by atoms with Gasteiger partial charge in [0.05, 0.1) is 19.3 Å². The summed E-state index contributed by atoms with van der Waals surface area (Å²) < 4.78 is 11.3. The molecule has 3 rings (SSSR count). The van der Waals surface area contributed by atoms with E-state index in [4.69, 9.17) is 9.47 Å². The van der Waals surface area contributed by atoms with Gasteiger partial charge in [-0.25, -0.2) is 0 Å². The van der Waals surface area contributed by atoms with E-state index in [1.54, 1.807) is 7.11 Å². The molecule has 0 bridgehead atoms. The lowest BCUT2D eigenvalue weighted by atomic mass is 10.0. The van der Waals surface area contributed by atoms with Crippen molar-refractivity contribution in [2.24, 2.45) is 4.99 Å². The lowest BCUT2D eigenvalue weighted by molar-refractivity contribution is 0.113. The standard InChI is InChI=1S/C20H32N4O2/c1-21-20(22-14-16-8-7-13-26-16)23-15-18(24-11-5-6-12-24)17-9-3-4-10-19(17)25-2/h3-4,9-10,16,18H,5-8,11-15H2,1-2H3,(H2,21,22,23). The van der Waals surface area contributed by atoms with Crippen molar-refractivity contribution in [3.8, 4) is 5.75 Å². The molecular formula is C20H32N4O2. The van der Waals surface area contributed by atoms with Gasteiger partial charge >= 0.3 is 0 Å². The molecule has 0 aromatic heterocycles. The normalized spacial score (nSPS) is 22.4. The number of hydrogen-bond acceptors (Lipinski definition) is 4. The Hall–Kier alpha value is -1.79. The molecule has 1 aromatic rings. The topological polar surface area (TPSA) is 58.1 Å². The van der Waals surface area contributed by atoms with Crippen molar-refractivity contribution in [1.82, 2.24) is 15.5 Å². The Morgan fingerprint density at radius 3 is 2.77 bits per heavy atom. The van der Waals surface area contributed by atoms with Gasteiger partial charge in [-0.15, -0.1) is 0 Å². The molecule has 0 aliphatic carbocycles. The van der Waals surface area contributed by atoms with Crippen molar-refractivity contribution in [3.63, 3.8) is 0 Å². The zero-order valence-corrected chi connectivity index (χ0v) is 16.0. The summed E-state index contributed by atoms with van der Waals surface area (Å²) >= 11 is 0. The highest BCUT2D eigenvalue weighted by atomic mass is 16.5. The summed E-state index contributed by atoms with van der Waals surface area (Å²) in [4.78, 5) is 6.91. The molecule has 0 amide bonds. The van der Waals surface area contributed by atoms with Crippen molar-refractivity contribution < 1.29 is 9.47 Å². The third-order valence-electron chi connectivity index (χ3n) is 5.29. The number of nitrogens with zero attached hydrogens (tertiary/aromatic N) is 2. The van der Waals surface area contributed by atoms with Crippen LogP contribution in [0.1, 0.15) is 37.3 Å². The molecule has 0 saturated carbocycles. The minimum atomic E-state index is 0.273. The van der Waals surface area contributed by atoms with Gasteiger partial charge in [-0.1, -0.05) is 18.2 Å². The van der Waals surface area contributed by atoms with E-state index in [9.17, 15) is 0 Å². The van der Waals surface area contributed by atoms with Gasteiger partial charge in [0.2, 0.25) is 0 Å². The Kier molecular flexibility index (Phi) is 7.14. The van der Waals surface area contributed by atoms with E-state index < -0.39 is 0 Å². The second kappa shape index (κ2) is 9.78. The molecule has 2 heterocycles. The molecule has 6 nitrogen and oxygen atoms in total. The number of methoxy groups -OCH3 is 1. The molecule has 1 aromatic carbocycles. The fourth-order valence-electron chi connectivity index (χ4n) is 3.86. The number of aliphatic imine (C=N–C) groups is 1. The number of hydrogen-bond donors (Lipinski definition) is 2. The van der Waals surface area contributed by atoms with E-state index in [-0.39, 0.29) is 6.04 Å². The van der Waals surface area contributed by atoms with Crippen LogP contribution in [0, 0.1) is 0 Å². The average molecular weight is 361 g/mol. The van der Waals surface area contributed by atoms with Gasteiger partial charge in [0.25, 0.3) is 0 Å². The number of para-hydroxylation sites is 1. The molecule has 26 heavy (non-hydrogen) atoms. The Morgan fingerprint density at radius 1 is 1.27 bits per heavy atom. The van der Waals surface area contributed by atoms with E-state index in [0.717, 1.165) is 57.3 Å². The molecule has 6 heteroatoms. The minimum absolute atomic E-state index is 0.273. The monoisotopic (exact) mass is 360 g/mol. The third-order valence-corrected chi connectivity index (χ3v) is 5.29. The van der Waals surface area contributed by atoms with Gasteiger partial charge in [0.15, 0.2) is 5.96 Å². The van der Waals surface area contributed by atoms with Crippen molar-refractivity contribution in [2.45, 2.75) is 37.8 Å². The zero-order valence-electron chi connectivity index (χ0n) is 16.0. The number of benzene rings is 1. The molecule has 2 fully saturated rings. The molecule has 2 saturated heterocycles. The van der Waals surface area contributed by atoms with Gasteiger partial charge < -0.3 is 20.1 Å². The van der Waals surface area contributed by atoms with Crippen LogP contribution >= 0.6 is 0 Å². The third kappa shape index (κ3) is 4.89. The average Bonchev–Trinajstić information content (AvgIpc) is 3.39. The highest BCUT2D eigenvalue weighted by Crippen LogP contribution is 2.31. The van der Waals surface area contributed by atoms with E-state index >= 15 is 0 Å². The summed E-state index contributed by atoms with van der Waals surface area (Å²) in [5.41, 5.74) is 1.24. The Balaban J connectivity index is 1.63. The first-order valence-electron chi connectivity index (χ1n) is 9.75. The van der Waals surface area contributed by atoms with Crippen molar-refractivity contribution in [2.75, 3.05) is 46.9 Å². The van der Waals surface area contributed by atoms with E-state index in [0.29, 0.717) is 6.10 Å². The fourth-order valence-corrected chi connectivity index (χ4v) is 3.86. The van der Waals surface area contributed by atoms with Crippen molar-refractivity contribution >= 4 is 5.96 Å². The van der Waals surface area contributed by atoms with Gasteiger partial charge in [-0.2, -0.15) is 0 Å². The van der Waals surface area contributed by atoms with Gasteiger partial charge in [0, 0.05) is 32.3 Å². The summed E-state index contributed by atoms with van der Waals surface area (Å²) in [6.45, 7) is 4.75. The molecule has 2 atom stereocenters. The highest BCUT2D eigenvalue weighted by Gasteiger charge is 2.26. The second-order valence-electron chi connectivity index (χ2n) is 6.97. The van der Waals surface area contributed by atoms with Crippen molar-refractivity contribution in [1.29, 1.82) is 0 Å². The van der Waals surface area contributed by atoms with Crippen LogP contribution in [0.5, 0.6) is 5.75 Å². The van der Waals surface area contributed by atoms with E-state index in [1.165, 1.54) is 18.4 Å². The maximum Gasteiger partial charge on any atom is 0.191 e. The largest absolute Gasteiger partial charge is 0.496 e. The Labute approximate surface area is 157 Å². The molecule has 144 valence electrons. The molecule has 0 spiro atoms. The Bertz CT molecular complexity index is 581. The lowest BCUT2D eigenvalue weighted by Crippen LogP contribution is -2.44. The Morgan fingerprint density at radius 2 is 2.08 bits per heavy atom. The summed E-state index contributed by atoms with van der Waals surface area (Å²) in [7, 11) is 3.56. The molecule has 2 unspecified atom stereocenters. The van der Waals surface area contributed by atoms with Crippen LogP contribution < -0.4 is 15.4 Å². The van der Waals surface area contributed by atoms with Crippen molar-refractivity contribution in [3.05, 3.63) is 29.8 Å². The first-order chi connectivity index (χ1) is 12.8. The van der Waals surface area contributed by atoms with Crippen LogP contribution in [0.2, 0.25) is 0 Å². The molecule has 0 radical (unpaired) electrons. The predicted octanol–water partition coefficient (Wildman–Crippen LogP) is 2.18. The minimum Gasteiger partial charge on any atom is -0.496 e. The van der Waals surface area contributed by atoms with Crippen LogP contribution in [0.3, 0.4) is 0 Å². The van der Waals surface area contributed by atoms with Crippen LogP contribution in [0.4, 0.5) is 0 Å². The molecule has 2 N–H and O–H groups in total. The lowest BCUT2D eigenvalue weighted by Gasteiger charge is -2.30. The summed E-state index contributed by atoms with van der Waals surface area (Å²) in [6.07, 6.45) is 5.11. The smallest absolute Gasteiger partial charge is 0.191 e. The predicted molar refractivity (Wildman–Crippen MR) is 105 cm³/mol. The fraction of sp³-hybridized carbons (Fsp3) is 0.650. The maximum absolute atomic E-state index is 5.68. The summed E-state index contributed by atoms with van der Waals surface area (Å²) in [5, 5.41) is 6.91. The number of ether oxygens (including phenoxy) is 2. The first kappa shape index (κ1) is 19.0. The van der Waals surface area contributed by atoms with Crippen LogP contribution in [0.25, 0.3) is 0 Å². The van der Waals surface area contributed by atoms with Crippen LogP contribution in [0.15, 0.2) is 29.3 Å². The quantitative estimate of drug-likeness (QED) is 0.577. The first-order valence-corrected chi connectivity index (χ1v) is 9.75. The van der Waals surface area contributed by atoms with Crippen LogP contribution in [-0.4, -0.2) is 63.9 Å². The van der Waals surface area contributed by atoms with Gasteiger partial charge in [0.1, 0.15) is 5.75 Å². The number of rotatable bonds is 7. The summed E-state index contributed by atoms with van der Waals surface area (Å²) in [6, 6.07) is 8.61. The molecule has 2 aliphatic rings. The number of likely N-dealkylation sites (tertiary alicyclic amines) is 1.